The number of methoxy groups -OCH3 is 1. The second kappa shape index (κ2) is 8.08. The molecule has 5 aliphatic rings. The topological polar surface area (TPSA) is 58.6 Å². The summed E-state index contributed by atoms with van der Waals surface area (Å²) in [7, 11) is 1.62. The van der Waals surface area contributed by atoms with Crippen LogP contribution >= 0.6 is 11.8 Å². The molecular formula is C27H30N2O3S. The lowest BCUT2D eigenvalue weighted by Gasteiger charge is -2.56. The summed E-state index contributed by atoms with van der Waals surface area (Å²) >= 11 is 1.74. The monoisotopic (exact) mass is 462 g/mol. The molecule has 0 aromatic heterocycles. The highest BCUT2D eigenvalue weighted by atomic mass is 32.2. The Hall–Kier alpha value is -2.47. The summed E-state index contributed by atoms with van der Waals surface area (Å²) in [4.78, 5) is 29.6. The van der Waals surface area contributed by atoms with Crippen LogP contribution in [0.5, 0.6) is 5.75 Å². The third-order valence-corrected chi connectivity index (χ3v) is 9.13. The summed E-state index contributed by atoms with van der Waals surface area (Å²) in [6.07, 6.45) is 7.46. The highest BCUT2D eigenvalue weighted by molar-refractivity contribution is 7.99. The number of anilines is 1. The Bertz CT molecular complexity index is 1060. The van der Waals surface area contributed by atoms with Crippen LogP contribution in [-0.2, 0) is 0 Å². The summed E-state index contributed by atoms with van der Waals surface area (Å²) in [5.41, 5.74) is 2.09. The van der Waals surface area contributed by atoms with Gasteiger partial charge in [-0.1, -0.05) is 0 Å². The van der Waals surface area contributed by atoms with E-state index in [0.717, 1.165) is 59.1 Å². The Morgan fingerprint density at radius 3 is 2.24 bits per heavy atom. The van der Waals surface area contributed by atoms with Crippen LogP contribution in [0.1, 0.15) is 59.2 Å². The molecule has 1 heterocycles. The molecule has 0 radical (unpaired) electrons. The molecule has 1 N–H and O–H groups in total. The van der Waals surface area contributed by atoms with Gasteiger partial charge in [0.1, 0.15) is 5.75 Å². The fraction of sp³-hybridized carbons (Fsp3) is 0.481. The Morgan fingerprint density at radius 1 is 0.970 bits per heavy atom. The first-order valence-corrected chi connectivity index (χ1v) is 13.1. The minimum absolute atomic E-state index is 0.00664. The summed E-state index contributed by atoms with van der Waals surface area (Å²) in [6.45, 7) is 0.628. The first-order valence-electron chi connectivity index (χ1n) is 12.1. The van der Waals surface area contributed by atoms with E-state index in [9.17, 15) is 9.59 Å². The van der Waals surface area contributed by atoms with Gasteiger partial charge in [-0.15, -0.1) is 11.8 Å². The van der Waals surface area contributed by atoms with E-state index in [0.29, 0.717) is 17.7 Å². The van der Waals surface area contributed by atoms with Crippen molar-refractivity contribution in [1.82, 2.24) is 5.32 Å². The standard InChI is InChI=1S/C27H30N2O3S/c1-32-22-5-2-20(3-6-22)26(31)29-8-9-33-24-7-4-21(13-23(24)29)25(30)28-27-14-17-10-18(15-27)12-19(11-17)16-27/h2-7,13,17-19H,8-12,14-16H2,1H3,(H,28,30). The van der Waals surface area contributed by atoms with E-state index in [-0.39, 0.29) is 17.4 Å². The smallest absolute Gasteiger partial charge is 0.258 e. The molecule has 4 saturated carbocycles. The van der Waals surface area contributed by atoms with Crippen molar-refractivity contribution in [1.29, 1.82) is 0 Å². The minimum Gasteiger partial charge on any atom is -0.497 e. The van der Waals surface area contributed by atoms with Crippen LogP contribution < -0.4 is 15.0 Å². The highest BCUT2D eigenvalue weighted by Gasteiger charge is 2.51. The number of ether oxygens (including phenoxy) is 1. The molecule has 0 atom stereocenters. The Kier molecular flexibility index (Phi) is 5.17. The van der Waals surface area contributed by atoms with Crippen LogP contribution in [0.2, 0.25) is 0 Å². The van der Waals surface area contributed by atoms with Gasteiger partial charge in [-0.2, -0.15) is 0 Å². The number of thioether (sulfide) groups is 1. The molecule has 0 unspecified atom stereocenters. The Balaban J connectivity index is 1.25. The molecule has 172 valence electrons. The van der Waals surface area contributed by atoms with Crippen molar-refractivity contribution in [3.05, 3.63) is 53.6 Å². The van der Waals surface area contributed by atoms with E-state index in [1.807, 2.05) is 35.2 Å². The van der Waals surface area contributed by atoms with Gasteiger partial charge in [-0.3, -0.25) is 9.59 Å². The van der Waals surface area contributed by atoms with E-state index in [1.165, 1.54) is 19.3 Å². The fourth-order valence-corrected chi connectivity index (χ4v) is 8.01. The number of carbonyl (C=O) groups is 2. The number of nitrogens with one attached hydrogen (secondary N) is 1. The van der Waals surface area contributed by atoms with Gasteiger partial charge in [0.05, 0.1) is 12.8 Å². The maximum atomic E-state index is 13.4. The van der Waals surface area contributed by atoms with E-state index < -0.39 is 0 Å². The first kappa shape index (κ1) is 21.1. The van der Waals surface area contributed by atoms with Gasteiger partial charge in [0.2, 0.25) is 0 Å². The molecule has 4 fully saturated rings. The van der Waals surface area contributed by atoms with Gasteiger partial charge in [-0.05, 0) is 98.7 Å². The Morgan fingerprint density at radius 2 is 1.61 bits per heavy atom. The maximum absolute atomic E-state index is 13.4. The summed E-state index contributed by atoms with van der Waals surface area (Å²) < 4.78 is 5.22. The van der Waals surface area contributed by atoms with Crippen molar-refractivity contribution < 1.29 is 14.3 Å². The average molecular weight is 463 g/mol. The van der Waals surface area contributed by atoms with Gasteiger partial charge < -0.3 is 15.0 Å². The van der Waals surface area contributed by atoms with E-state index in [1.54, 1.807) is 31.0 Å². The third kappa shape index (κ3) is 3.82. The van der Waals surface area contributed by atoms with Crippen LogP contribution in [0.4, 0.5) is 5.69 Å². The SMILES string of the molecule is COc1ccc(C(=O)N2CCSc3ccc(C(=O)NC45CC6CC(CC(C6)C4)C5)cc32)cc1. The molecular weight excluding hydrogens is 432 g/mol. The van der Waals surface area contributed by atoms with Crippen molar-refractivity contribution in [2.45, 2.75) is 49.0 Å². The largest absolute Gasteiger partial charge is 0.497 e. The molecule has 4 aliphatic carbocycles. The lowest BCUT2D eigenvalue weighted by atomic mass is 9.53. The molecule has 0 spiro atoms. The molecule has 5 nitrogen and oxygen atoms in total. The lowest BCUT2D eigenvalue weighted by Crippen LogP contribution is -2.59. The average Bonchev–Trinajstić information content (AvgIpc) is 2.82. The molecule has 2 aromatic carbocycles. The number of amides is 2. The van der Waals surface area contributed by atoms with E-state index in [2.05, 4.69) is 5.32 Å². The van der Waals surface area contributed by atoms with Crippen LogP contribution in [-0.4, -0.2) is 36.8 Å². The molecule has 1 aliphatic heterocycles. The summed E-state index contributed by atoms with van der Waals surface area (Å²) in [5, 5.41) is 3.47. The number of carbonyl (C=O) groups excluding carboxylic acids is 2. The molecule has 2 amide bonds. The molecule has 2 aromatic rings. The van der Waals surface area contributed by atoms with Gasteiger partial charge >= 0.3 is 0 Å². The number of fused-ring (bicyclic) bond motifs is 1. The zero-order chi connectivity index (χ0) is 22.6. The van der Waals surface area contributed by atoms with Gasteiger partial charge in [0.15, 0.2) is 0 Å². The van der Waals surface area contributed by atoms with Gasteiger partial charge in [0.25, 0.3) is 11.8 Å². The van der Waals surface area contributed by atoms with Crippen LogP contribution in [0.15, 0.2) is 47.4 Å². The van der Waals surface area contributed by atoms with E-state index in [4.69, 9.17) is 4.74 Å². The quantitative estimate of drug-likeness (QED) is 0.683. The number of nitrogens with zero attached hydrogens (tertiary/aromatic N) is 1. The zero-order valence-corrected chi connectivity index (χ0v) is 19.8. The lowest BCUT2D eigenvalue weighted by molar-refractivity contribution is -0.0167. The summed E-state index contributed by atoms with van der Waals surface area (Å²) in [5.74, 6) is 3.89. The number of hydrogen-bond donors (Lipinski definition) is 1. The highest BCUT2D eigenvalue weighted by Crippen LogP contribution is 2.55. The molecule has 33 heavy (non-hydrogen) atoms. The van der Waals surface area contributed by atoms with Gasteiger partial charge in [0, 0.05) is 33.9 Å². The van der Waals surface area contributed by atoms with Crippen LogP contribution in [0.3, 0.4) is 0 Å². The molecule has 0 saturated heterocycles. The van der Waals surface area contributed by atoms with Crippen molar-refractivity contribution in [2.75, 3.05) is 24.3 Å². The number of benzene rings is 2. The third-order valence-electron chi connectivity index (χ3n) is 8.08. The van der Waals surface area contributed by atoms with Crippen LogP contribution in [0.25, 0.3) is 0 Å². The Labute approximate surface area is 199 Å². The molecule has 6 heteroatoms. The minimum atomic E-state index is -0.0437. The van der Waals surface area contributed by atoms with Crippen molar-refractivity contribution in [3.63, 3.8) is 0 Å². The van der Waals surface area contributed by atoms with Crippen LogP contribution in [0, 0.1) is 17.8 Å². The number of rotatable bonds is 4. The summed E-state index contributed by atoms with van der Waals surface area (Å²) in [6, 6.07) is 13.0. The number of hydrogen-bond acceptors (Lipinski definition) is 4. The predicted molar refractivity (Wildman–Crippen MR) is 130 cm³/mol. The predicted octanol–water partition coefficient (Wildman–Crippen LogP) is 5.15. The molecule has 7 rings (SSSR count). The molecule has 4 bridgehead atoms. The van der Waals surface area contributed by atoms with Crippen molar-refractivity contribution >= 4 is 29.3 Å². The van der Waals surface area contributed by atoms with Crippen molar-refractivity contribution in [3.8, 4) is 5.75 Å². The van der Waals surface area contributed by atoms with E-state index >= 15 is 0 Å². The zero-order valence-electron chi connectivity index (χ0n) is 19.0. The van der Waals surface area contributed by atoms with Crippen molar-refractivity contribution in [2.24, 2.45) is 17.8 Å². The normalized spacial score (nSPS) is 29.5. The maximum Gasteiger partial charge on any atom is 0.258 e. The second-order valence-electron chi connectivity index (χ2n) is 10.4. The van der Waals surface area contributed by atoms with Gasteiger partial charge in [-0.25, -0.2) is 0 Å². The second-order valence-corrected chi connectivity index (χ2v) is 11.5. The first-order chi connectivity index (χ1) is 16.0. The fourth-order valence-electron chi connectivity index (χ4n) is 7.04.